The maximum atomic E-state index is 12.2. The van der Waals surface area contributed by atoms with E-state index in [0.717, 1.165) is 0 Å². The summed E-state index contributed by atoms with van der Waals surface area (Å²) in [7, 11) is 0. The number of ether oxygens (including phenoxy) is 1. The summed E-state index contributed by atoms with van der Waals surface area (Å²) in [5.41, 5.74) is 1.73. The van der Waals surface area contributed by atoms with Crippen LogP contribution in [0.3, 0.4) is 0 Å². The molecular formula is C22H27N7O6. The molecule has 3 aromatic rings. The zero-order valence-corrected chi connectivity index (χ0v) is 19.9. The van der Waals surface area contributed by atoms with Crippen LogP contribution in [0.15, 0.2) is 34.9 Å². The summed E-state index contributed by atoms with van der Waals surface area (Å²) in [5, 5.41) is 23.5. The second kappa shape index (κ2) is 10.8. The number of nitrogens with one attached hydrogen (secondary N) is 2. The lowest BCUT2D eigenvalue weighted by Crippen LogP contribution is -2.36. The Bertz CT molecular complexity index is 1190. The van der Waals surface area contributed by atoms with Crippen molar-refractivity contribution in [1.29, 1.82) is 0 Å². The molecule has 35 heavy (non-hydrogen) atoms. The number of carbonyl (C=O) groups excluding carboxylic acids is 2. The number of rotatable bonds is 10. The van der Waals surface area contributed by atoms with Crippen molar-refractivity contribution >= 4 is 17.6 Å². The number of amides is 2. The Morgan fingerprint density at radius 1 is 1.17 bits per heavy atom. The van der Waals surface area contributed by atoms with Crippen molar-refractivity contribution in [2.75, 3.05) is 19.7 Å². The highest BCUT2D eigenvalue weighted by Gasteiger charge is 2.20. The van der Waals surface area contributed by atoms with Gasteiger partial charge in [0.1, 0.15) is 12.3 Å². The fourth-order valence-electron chi connectivity index (χ4n) is 2.99. The molecule has 0 bridgehead atoms. The van der Waals surface area contributed by atoms with Crippen molar-refractivity contribution < 1.29 is 23.8 Å². The normalized spacial score (nSPS) is 11.2. The maximum Gasteiger partial charge on any atom is 0.390 e. The molecule has 2 aromatic heterocycles. The van der Waals surface area contributed by atoms with Crippen LogP contribution >= 0.6 is 0 Å². The SMILES string of the molecule is Cc1cc([N+](=O)[O-])nn1Cc1noc(C(=O)NCCNC(=O)COc2ccc(C(C)(C)C)cc2)n1. The first-order valence-corrected chi connectivity index (χ1v) is 10.8. The predicted octanol–water partition coefficient (Wildman–Crippen LogP) is 1.75. The van der Waals surface area contributed by atoms with Gasteiger partial charge in [-0.1, -0.05) is 38.1 Å². The van der Waals surface area contributed by atoms with E-state index in [1.54, 1.807) is 6.92 Å². The molecule has 0 aliphatic heterocycles. The van der Waals surface area contributed by atoms with E-state index in [-0.39, 0.29) is 55.1 Å². The number of hydrogen-bond acceptors (Lipinski definition) is 9. The molecule has 1 aromatic carbocycles. The topological polar surface area (TPSA) is 167 Å². The fraction of sp³-hybridized carbons (Fsp3) is 0.409. The first-order chi connectivity index (χ1) is 16.5. The lowest BCUT2D eigenvalue weighted by atomic mass is 9.87. The zero-order chi connectivity index (χ0) is 25.6. The van der Waals surface area contributed by atoms with E-state index >= 15 is 0 Å². The predicted molar refractivity (Wildman–Crippen MR) is 123 cm³/mol. The largest absolute Gasteiger partial charge is 0.484 e. The van der Waals surface area contributed by atoms with E-state index in [4.69, 9.17) is 9.26 Å². The zero-order valence-electron chi connectivity index (χ0n) is 19.9. The third kappa shape index (κ3) is 7.09. The van der Waals surface area contributed by atoms with Gasteiger partial charge < -0.3 is 30.0 Å². The van der Waals surface area contributed by atoms with E-state index in [1.807, 2.05) is 24.3 Å². The molecule has 2 N–H and O–H groups in total. The average Bonchev–Trinajstić information content (AvgIpc) is 3.42. The van der Waals surface area contributed by atoms with Gasteiger partial charge in [-0.15, -0.1) is 0 Å². The highest BCUT2D eigenvalue weighted by molar-refractivity contribution is 5.89. The number of aryl methyl sites for hydroxylation is 1. The van der Waals surface area contributed by atoms with Crippen LogP contribution in [0.2, 0.25) is 0 Å². The van der Waals surface area contributed by atoms with Gasteiger partial charge in [-0.25, -0.2) is 0 Å². The molecule has 0 unspecified atom stereocenters. The summed E-state index contributed by atoms with van der Waals surface area (Å²) in [4.78, 5) is 38.3. The quantitative estimate of drug-likeness (QED) is 0.247. The van der Waals surface area contributed by atoms with Gasteiger partial charge in [-0.2, -0.15) is 9.67 Å². The molecule has 0 spiro atoms. The van der Waals surface area contributed by atoms with Crippen LogP contribution in [0.5, 0.6) is 5.75 Å². The van der Waals surface area contributed by atoms with Crippen LogP contribution < -0.4 is 15.4 Å². The van der Waals surface area contributed by atoms with Crippen LogP contribution in [-0.4, -0.2) is 56.4 Å². The van der Waals surface area contributed by atoms with Gasteiger partial charge in [0.15, 0.2) is 12.4 Å². The summed E-state index contributed by atoms with van der Waals surface area (Å²) in [6, 6.07) is 8.89. The van der Waals surface area contributed by atoms with Crippen molar-refractivity contribution in [3.05, 3.63) is 63.4 Å². The smallest absolute Gasteiger partial charge is 0.390 e. The van der Waals surface area contributed by atoms with Crippen LogP contribution in [0, 0.1) is 17.0 Å². The van der Waals surface area contributed by atoms with Crippen molar-refractivity contribution in [3.8, 4) is 5.75 Å². The van der Waals surface area contributed by atoms with Gasteiger partial charge in [0.2, 0.25) is 0 Å². The van der Waals surface area contributed by atoms with E-state index < -0.39 is 10.8 Å². The first kappa shape index (κ1) is 25.3. The minimum Gasteiger partial charge on any atom is -0.484 e. The number of hydrogen-bond donors (Lipinski definition) is 2. The summed E-state index contributed by atoms with van der Waals surface area (Å²) in [5.74, 6) is -0.785. The summed E-state index contributed by atoms with van der Waals surface area (Å²) >= 11 is 0. The lowest BCUT2D eigenvalue weighted by molar-refractivity contribution is -0.389. The van der Waals surface area contributed by atoms with Gasteiger partial charge in [-0.05, 0) is 35.0 Å². The Labute approximate surface area is 201 Å². The molecule has 0 fully saturated rings. The number of aromatic nitrogens is 4. The van der Waals surface area contributed by atoms with Crippen LogP contribution in [0.4, 0.5) is 5.82 Å². The molecule has 13 heteroatoms. The summed E-state index contributed by atoms with van der Waals surface area (Å²) < 4.78 is 11.7. The molecule has 0 radical (unpaired) electrons. The number of benzene rings is 1. The van der Waals surface area contributed by atoms with Gasteiger partial charge in [-0.3, -0.25) is 9.59 Å². The van der Waals surface area contributed by atoms with Gasteiger partial charge in [0.25, 0.3) is 5.91 Å². The number of nitrogens with zero attached hydrogens (tertiary/aromatic N) is 5. The number of carbonyl (C=O) groups is 2. The van der Waals surface area contributed by atoms with E-state index in [2.05, 4.69) is 46.6 Å². The molecule has 0 saturated carbocycles. The summed E-state index contributed by atoms with van der Waals surface area (Å²) in [6.45, 7) is 8.15. The molecule has 0 saturated heterocycles. The minimum absolute atomic E-state index is 0.00540. The monoisotopic (exact) mass is 485 g/mol. The highest BCUT2D eigenvalue weighted by atomic mass is 16.6. The van der Waals surface area contributed by atoms with Crippen LogP contribution in [0.25, 0.3) is 0 Å². The molecule has 2 amide bonds. The van der Waals surface area contributed by atoms with Crippen molar-refractivity contribution in [3.63, 3.8) is 0 Å². The number of nitro groups is 1. The van der Waals surface area contributed by atoms with E-state index in [1.165, 1.54) is 16.3 Å². The molecule has 0 atom stereocenters. The standard InChI is InChI=1S/C22H27N7O6/c1-14-11-18(29(32)33)26-28(14)12-17-25-21(35-27-17)20(31)24-10-9-23-19(30)13-34-16-7-5-15(6-8-16)22(2,3)4/h5-8,11H,9-10,12-13H2,1-4H3,(H,23,30)(H,24,31). The fourth-order valence-corrected chi connectivity index (χ4v) is 2.99. The van der Waals surface area contributed by atoms with E-state index in [9.17, 15) is 19.7 Å². The third-order valence-corrected chi connectivity index (χ3v) is 4.93. The maximum absolute atomic E-state index is 12.2. The molecule has 0 aliphatic carbocycles. The third-order valence-electron chi connectivity index (χ3n) is 4.93. The highest BCUT2D eigenvalue weighted by Crippen LogP contribution is 2.24. The van der Waals surface area contributed by atoms with Gasteiger partial charge in [0, 0.05) is 13.1 Å². The molecule has 2 heterocycles. The van der Waals surface area contributed by atoms with Crippen molar-refractivity contribution in [2.45, 2.75) is 39.7 Å². The average molecular weight is 486 g/mol. The molecule has 186 valence electrons. The van der Waals surface area contributed by atoms with Gasteiger partial charge in [0.05, 0.1) is 16.9 Å². The Kier molecular flexibility index (Phi) is 7.79. The lowest BCUT2D eigenvalue weighted by Gasteiger charge is -2.19. The second-order valence-corrected chi connectivity index (χ2v) is 8.74. The second-order valence-electron chi connectivity index (χ2n) is 8.74. The molecule has 3 rings (SSSR count). The van der Waals surface area contributed by atoms with Crippen molar-refractivity contribution in [1.82, 2.24) is 30.6 Å². The van der Waals surface area contributed by atoms with Crippen LogP contribution in [0.1, 0.15) is 48.5 Å². The minimum atomic E-state index is -0.614. The Morgan fingerprint density at radius 2 is 1.86 bits per heavy atom. The molecule has 13 nitrogen and oxygen atoms in total. The van der Waals surface area contributed by atoms with Crippen LogP contribution in [-0.2, 0) is 16.8 Å². The van der Waals surface area contributed by atoms with Crippen molar-refractivity contribution in [2.24, 2.45) is 0 Å². The molecular weight excluding hydrogens is 458 g/mol. The first-order valence-electron chi connectivity index (χ1n) is 10.8. The molecule has 0 aliphatic rings. The summed E-state index contributed by atoms with van der Waals surface area (Å²) in [6.07, 6.45) is 0. The Hall–Kier alpha value is -4.29. The van der Waals surface area contributed by atoms with E-state index in [0.29, 0.717) is 11.4 Å². The Balaban J connectivity index is 1.38. The van der Waals surface area contributed by atoms with Gasteiger partial charge >= 0.3 is 17.6 Å². The Morgan fingerprint density at radius 3 is 2.49 bits per heavy atom.